The van der Waals surface area contributed by atoms with Gasteiger partial charge in [-0.15, -0.1) is 0 Å². The summed E-state index contributed by atoms with van der Waals surface area (Å²) in [5, 5.41) is 2.94. The van der Waals surface area contributed by atoms with E-state index in [1.54, 1.807) is 12.1 Å². The van der Waals surface area contributed by atoms with E-state index in [9.17, 15) is 17.6 Å². The monoisotopic (exact) mass is 475 g/mol. The van der Waals surface area contributed by atoms with Crippen molar-refractivity contribution in [1.29, 1.82) is 0 Å². The van der Waals surface area contributed by atoms with E-state index in [1.807, 2.05) is 24.3 Å². The number of benzene rings is 2. The summed E-state index contributed by atoms with van der Waals surface area (Å²) in [4.78, 5) is 12.0. The number of rotatable bonds is 7. The Morgan fingerprint density at radius 3 is 2.61 bits per heavy atom. The fourth-order valence-corrected chi connectivity index (χ4v) is 5.05. The van der Waals surface area contributed by atoms with E-state index in [2.05, 4.69) is 5.32 Å². The molecule has 1 heterocycles. The lowest BCUT2D eigenvalue weighted by atomic mass is 9.92. The standard InChI is InChI=1S/C25H30FNO5S/c1-33(29,30)15-14-25(28)27-18-7-9-19(10-8-18)31-20-11-13-23-17(16-20)6-12-24(32-23)21-4-2-3-5-22(21)26/h2-5,11,13,16,18-19,24H,6-10,12,14-15H2,1H3,(H,27,28)/t18-,19-,24?. The van der Waals surface area contributed by atoms with E-state index in [4.69, 9.17) is 9.47 Å². The maximum Gasteiger partial charge on any atom is 0.221 e. The number of aryl methyl sites for hydroxylation is 1. The third-order valence-electron chi connectivity index (χ3n) is 6.27. The van der Waals surface area contributed by atoms with Crippen molar-refractivity contribution in [3.63, 3.8) is 0 Å². The number of fused-ring (bicyclic) bond motifs is 1. The molecule has 1 N–H and O–H groups in total. The highest BCUT2D eigenvalue weighted by molar-refractivity contribution is 7.90. The van der Waals surface area contributed by atoms with Crippen molar-refractivity contribution in [2.75, 3.05) is 12.0 Å². The molecule has 1 atom stereocenters. The van der Waals surface area contributed by atoms with Crippen LogP contribution in [0.1, 0.15) is 55.8 Å². The summed E-state index contributed by atoms with van der Waals surface area (Å²) in [7, 11) is -3.14. The summed E-state index contributed by atoms with van der Waals surface area (Å²) in [5.41, 5.74) is 1.65. The average molecular weight is 476 g/mol. The van der Waals surface area contributed by atoms with Gasteiger partial charge in [0.2, 0.25) is 5.91 Å². The fraction of sp³-hybridized carbons (Fsp3) is 0.480. The third kappa shape index (κ3) is 6.47. The molecule has 1 unspecified atom stereocenters. The molecule has 1 aliphatic heterocycles. The summed E-state index contributed by atoms with van der Waals surface area (Å²) in [5.74, 6) is 0.978. The van der Waals surface area contributed by atoms with Crippen LogP contribution in [-0.2, 0) is 21.1 Å². The molecule has 0 spiro atoms. The number of carbonyl (C=O) groups excluding carboxylic acids is 1. The Labute approximate surface area is 194 Å². The van der Waals surface area contributed by atoms with Crippen LogP contribution in [-0.4, -0.2) is 38.5 Å². The maximum absolute atomic E-state index is 14.1. The maximum atomic E-state index is 14.1. The van der Waals surface area contributed by atoms with Crippen molar-refractivity contribution in [1.82, 2.24) is 5.32 Å². The first-order chi connectivity index (χ1) is 15.8. The molecule has 1 aliphatic carbocycles. The van der Waals surface area contributed by atoms with Gasteiger partial charge in [0, 0.05) is 24.3 Å². The number of amides is 1. The Morgan fingerprint density at radius 2 is 1.88 bits per heavy atom. The van der Waals surface area contributed by atoms with Crippen LogP contribution in [0.25, 0.3) is 0 Å². The first kappa shape index (κ1) is 23.5. The van der Waals surface area contributed by atoms with Gasteiger partial charge in [-0.1, -0.05) is 18.2 Å². The van der Waals surface area contributed by atoms with Crippen LogP contribution >= 0.6 is 0 Å². The second-order valence-corrected chi connectivity index (χ2v) is 11.2. The van der Waals surface area contributed by atoms with Gasteiger partial charge in [0.05, 0.1) is 11.9 Å². The zero-order chi connectivity index (χ0) is 23.4. The number of hydrogen-bond acceptors (Lipinski definition) is 5. The van der Waals surface area contributed by atoms with E-state index >= 15 is 0 Å². The lowest BCUT2D eigenvalue weighted by Gasteiger charge is -2.30. The fourth-order valence-electron chi connectivity index (χ4n) is 4.49. The van der Waals surface area contributed by atoms with Crippen molar-refractivity contribution < 1.29 is 27.1 Å². The molecule has 1 saturated carbocycles. The van der Waals surface area contributed by atoms with Crippen LogP contribution in [0, 0.1) is 5.82 Å². The minimum atomic E-state index is -3.14. The first-order valence-corrected chi connectivity index (χ1v) is 13.5. The van der Waals surface area contributed by atoms with Crippen molar-refractivity contribution in [2.45, 2.75) is 63.2 Å². The topological polar surface area (TPSA) is 81.7 Å². The number of carbonyl (C=O) groups is 1. The second kappa shape index (κ2) is 10.1. The zero-order valence-electron chi connectivity index (χ0n) is 18.8. The molecule has 0 aromatic heterocycles. The molecule has 2 aliphatic rings. The predicted octanol–water partition coefficient (Wildman–Crippen LogP) is 4.13. The summed E-state index contributed by atoms with van der Waals surface area (Å²) >= 11 is 0. The van der Waals surface area contributed by atoms with Crippen molar-refractivity contribution >= 4 is 15.7 Å². The molecule has 2 aromatic rings. The van der Waals surface area contributed by atoms with Gasteiger partial charge in [0.1, 0.15) is 33.3 Å². The summed E-state index contributed by atoms with van der Waals surface area (Å²) in [6, 6.07) is 12.6. The molecule has 6 nitrogen and oxygen atoms in total. The molecule has 2 aromatic carbocycles. The van der Waals surface area contributed by atoms with Crippen LogP contribution in [0.4, 0.5) is 4.39 Å². The Kier molecular flexibility index (Phi) is 7.22. The largest absolute Gasteiger partial charge is 0.490 e. The van der Waals surface area contributed by atoms with Gasteiger partial charge in [-0.3, -0.25) is 4.79 Å². The lowest BCUT2D eigenvalue weighted by Crippen LogP contribution is -2.40. The molecular formula is C25H30FNO5S. The van der Waals surface area contributed by atoms with Gasteiger partial charge in [0.25, 0.3) is 0 Å². The van der Waals surface area contributed by atoms with Crippen LogP contribution in [0.15, 0.2) is 42.5 Å². The van der Waals surface area contributed by atoms with Gasteiger partial charge in [-0.05, 0) is 68.4 Å². The Balaban J connectivity index is 1.27. The Hall–Kier alpha value is -2.61. The molecule has 0 bridgehead atoms. The van der Waals surface area contributed by atoms with Crippen molar-refractivity contribution in [2.24, 2.45) is 0 Å². The van der Waals surface area contributed by atoms with E-state index in [-0.39, 0.29) is 42.1 Å². The highest BCUT2D eigenvalue weighted by Gasteiger charge is 2.26. The highest BCUT2D eigenvalue weighted by atomic mass is 32.2. The Morgan fingerprint density at radius 1 is 1.12 bits per heavy atom. The summed E-state index contributed by atoms with van der Waals surface area (Å²) in [6.45, 7) is 0. The predicted molar refractivity (Wildman–Crippen MR) is 124 cm³/mol. The van der Waals surface area contributed by atoms with Gasteiger partial charge in [0.15, 0.2) is 0 Å². The second-order valence-electron chi connectivity index (χ2n) is 8.98. The van der Waals surface area contributed by atoms with E-state index in [0.717, 1.165) is 55.4 Å². The van der Waals surface area contributed by atoms with E-state index in [1.165, 1.54) is 6.07 Å². The Bertz CT molecular complexity index is 1100. The average Bonchev–Trinajstić information content (AvgIpc) is 2.79. The van der Waals surface area contributed by atoms with E-state index < -0.39 is 9.84 Å². The van der Waals surface area contributed by atoms with Crippen molar-refractivity contribution in [3.05, 3.63) is 59.4 Å². The number of halogens is 1. The van der Waals surface area contributed by atoms with E-state index in [0.29, 0.717) is 12.0 Å². The quantitative estimate of drug-likeness (QED) is 0.651. The minimum Gasteiger partial charge on any atom is -0.490 e. The lowest BCUT2D eigenvalue weighted by molar-refractivity contribution is -0.121. The van der Waals surface area contributed by atoms with Crippen LogP contribution in [0.5, 0.6) is 11.5 Å². The first-order valence-electron chi connectivity index (χ1n) is 11.4. The molecule has 8 heteroatoms. The number of ether oxygens (including phenoxy) is 2. The van der Waals surface area contributed by atoms with Gasteiger partial charge in [-0.25, -0.2) is 12.8 Å². The van der Waals surface area contributed by atoms with Crippen LogP contribution in [0.3, 0.4) is 0 Å². The molecule has 0 radical (unpaired) electrons. The number of sulfone groups is 1. The smallest absolute Gasteiger partial charge is 0.221 e. The number of hydrogen-bond donors (Lipinski definition) is 1. The minimum absolute atomic E-state index is 0.00420. The summed E-state index contributed by atoms with van der Waals surface area (Å²) in [6.07, 6.45) is 5.67. The van der Waals surface area contributed by atoms with Crippen molar-refractivity contribution in [3.8, 4) is 11.5 Å². The van der Waals surface area contributed by atoms with Gasteiger partial charge < -0.3 is 14.8 Å². The number of nitrogens with one attached hydrogen (secondary N) is 1. The van der Waals surface area contributed by atoms with Gasteiger partial charge in [-0.2, -0.15) is 0 Å². The normalized spacial score (nSPS) is 22.7. The molecule has 1 fully saturated rings. The van der Waals surface area contributed by atoms with Gasteiger partial charge >= 0.3 is 0 Å². The third-order valence-corrected chi connectivity index (χ3v) is 7.22. The van der Waals surface area contributed by atoms with Crippen LogP contribution in [0.2, 0.25) is 0 Å². The highest BCUT2D eigenvalue weighted by Crippen LogP contribution is 2.38. The van der Waals surface area contributed by atoms with Crippen LogP contribution < -0.4 is 14.8 Å². The molecule has 0 saturated heterocycles. The molecule has 1 amide bonds. The SMILES string of the molecule is CS(=O)(=O)CCC(=O)N[C@H]1CC[C@H](Oc2ccc3c(c2)CCC(c2ccccc2F)O3)CC1. The zero-order valence-corrected chi connectivity index (χ0v) is 19.6. The molecule has 178 valence electrons. The molecule has 4 rings (SSSR count). The molecular weight excluding hydrogens is 445 g/mol. The summed E-state index contributed by atoms with van der Waals surface area (Å²) < 4.78 is 48.8. The molecule has 33 heavy (non-hydrogen) atoms.